The van der Waals surface area contributed by atoms with E-state index in [1.54, 1.807) is 19.2 Å². The first kappa shape index (κ1) is 13.9. The maximum absolute atomic E-state index is 12.0. The molecule has 2 aromatic rings. The number of hydrogen-bond acceptors (Lipinski definition) is 2. The summed E-state index contributed by atoms with van der Waals surface area (Å²) < 4.78 is 5.19. The van der Waals surface area contributed by atoms with Gasteiger partial charge in [0.25, 0.3) is 0 Å². The Labute approximate surface area is 118 Å². The minimum absolute atomic E-state index is 0.292. The third kappa shape index (κ3) is 3.51. The van der Waals surface area contributed by atoms with Crippen molar-refractivity contribution in [2.75, 3.05) is 17.7 Å². The lowest BCUT2D eigenvalue weighted by Gasteiger charge is -2.11. The number of rotatable bonds is 3. The zero-order valence-corrected chi connectivity index (χ0v) is 11.9. The van der Waals surface area contributed by atoms with Crippen molar-refractivity contribution in [1.82, 2.24) is 0 Å². The van der Waals surface area contributed by atoms with Crippen LogP contribution in [0.3, 0.4) is 0 Å². The molecule has 20 heavy (non-hydrogen) atoms. The number of urea groups is 1. The van der Waals surface area contributed by atoms with Crippen LogP contribution in [-0.2, 0) is 0 Å². The number of aryl methyl sites for hydroxylation is 2. The molecule has 4 heteroatoms. The predicted molar refractivity (Wildman–Crippen MR) is 81.6 cm³/mol. The first-order valence-corrected chi connectivity index (χ1v) is 6.38. The molecule has 0 bridgehead atoms. The van der Waals surface area contributed by atoms with E-state index in [0.717, 1.165) is 16.8 Å². The van der Waals surface area contributed by atoms with Crippen LogP contribution < -0.4 is 15.4 Å². The molecule has 0 aliphatic rings. The van der Waals surface area contributed by atoms with Crippen LogP contribution in [0.1, 0.15) is 11.1 Å². The molecule has 0 aliphatic carbocycles. The molecular formula is C16H18N2O2. The molecule has 0 radical (unpaired) electrons. The maximum Gasteiger partial charge on any atom is 0.323 e. The molecule has 0 spiro atoms. The highest BCUT2D eigenvalue weighted by Gasteiger charge is 2.07. The number of para-hydroxylation sites is 2. The van der Waals surface area contributed by atoms with Crippen LogP contribution >= 0.6 is 0 Å². The van der Waals surface area contributed by atoms with E-state index in [4.69, 9.17) is 4.74 Å². The van der Waals surface area contributed by atoms with E-state index in [-0.39, 0.29) is 6.03 Å². The third-order valence-electron chi connectivity index (χ3n) is 2.83. The average molecular weight is 270 g/mol. The topological polar surface area (TPSA) is 50.4 Å². The van der Waals surface area contributed by atoms with Crippen molar-refractivity contribution in [3.8, 4) is 5.75 Å². The van der Waals surface area contributed by atoms with E-state index in [2.05, 4.69) is 16.7 Å². The number of carbonyl (C=O) groups excluding carboxylic acids is 1. The molecule has 0 fully saturated rings. The molecule has 0 aliphatic heterocycles. The second-order valence-corrected chi connectivity index (χ2v) is 4.66. The van der Waals surface area contributed by atoms with Crippen LogP contribution in [0.4, 0.5) is 16.2 Å². The Morgan fingerprint density at radius 3 is 2.30 bits per heavy atom. The zero-order valence-electron chi connectivity index (χ0n) is 11.9. The summed E-state index contributed by atoms with van der Waals surface area (Å²) in [7, 11) is 1.57. The Hall–Kier alpha value is -2.49. The largest absolute Gasteiger partial charge is 0.495 e. The minimum atomic E-state index is -0.292. The van der Waals surface area contributed by atoms with E-state index in [1.165, 1.54) is 0 Å². The van der Waals surface area contributed by atoms with Crippen LogP contribution in [0.15, 0.2) is 42.5 Å². The van der Waals surface area contributed by atoms with E-state index < -0.39 is 0 Å². The van der Waals surface area contributed by atoms with Gasteiger partial charge in [-0.05, 0) is 49.2 Å². The fraction of sp³-hybridized carbons (Fsp3) is 0.188. The Balaban J connectivity index is 2.09. The molecule has 2 amide bonds. The average Bonchev–Trinajstić information content (AvgIpc) is 2.37. The Bertz CT molecular complexity index is 603. The first-order chi connectivity index (χ1) is 9.58. The van der Waals surface area contributed by atoms with Crippen LogP contribution in [-0.4, -0.2) is 13.1 Å². The van der Waals surface area contributed by atoms with Gasteiger partial charge in [-0.3, -0.25) is 0 Å². The van der Waals surface area contributed by atoms with Crippen molar-refractivity contribution in [3.63, 3.8) is 0 Å². The number of amides is 2. The predicted octanol–water partition coefficient (Wildman–Crippen LogP) is 3.96. The summed E-state index contributed by atoms with van der Waals surface area (Å²) in [6, 6.07) is 12.9. The number of benzene rings is 2. The van der Waals surface area contributed by atoms with Crippen molar-refractivity contribution in [2.45, 2.75) is 13.8 Å². The molecule has 0 heterocycles. The second-order valence-electron chi connectivity index (χ2n) is 4.66. The number of hydrogen-bond donors (Lipinski definition) is 2. The van der Waals surface area contributed by atoms with Gasteiger partial charge in [0.1, 0.15) is 5.75 Å². The molecule has 0 saturated carbocycles. The van der Waals surface area contributed by atoms with Crippen molar-refractivity contribution >= 4 is 17.4 Å². The number of nitrogens with one attached hydrogen (secondary N) is 2. The minimum Gasteiger partial charge on any atom is -0.495 e. The number of methoxy groups -OCH3 is 1. The Morgan fingerprint density at radius 2 is 1.65 bits per heavy atom. The van der Waals surface area contributed by atoms with Crippen LogP contribution in [0.2, 0.25) is 0 Å². The van der Waals surface area contributed by atoms with Gasteiger partial charge < -0.3 is 15.4 Å². The van der Waals surface area contributed by atoms with Gasteiger partial charge in [0, 0.05) is 5.69 Å². The molecule has 0 atom stereocenters. The molecule has 4 nitrogen and oxygen atoms in total. The highest BCUT2D eigenvalue weighted by molar-refractivity contribution is 6.00. The van der Waals surface area contributed by atoms with Gasteiger partial charge >= 0.3 is 6.03 Å². The number of ether oxygens (including phenoxy) is 1. The van der Waals surface area contributed by atoms with Crippen LogP contribution in [0, 0.1) is 13.8 Å². The van der Waals surface area contributed by atoms with Crippen molar-refractivity contribution in [2.24, 2.45) is 0 Å². The SMILES string of the molecule is COc1ccccc1NC(=O)Nc1cc(C)cc(C)c1. The van der Waals surface area contributed by atoms with Gasteiger partial charge in [-0.15, -0.1) is 0 Å². The molecule has 2 N–H and O–H groups in total. The van der Waals surface area contributed by atoms with Crippen molar-refractivity contribution in [3.05, 3.63) is 53.6 Å². The van der Waals surface area contributed by atoms with Gasteiger partial charge in [-0.2, -0.15) is 0 Å². The fourth-order valence-electron chi connectivity index (χ4n) is 2.08. The molecular weight excluding hydrogens is 252 g/mol. The van der Waals surface area contributed by atoms with Gasteiger partial charge in [0.15, 0.2) is 0 Å². The van der Waals surface area contributed by atoms with E-state index in [1.807, 2.05) is 38.1 Å². The van der Waals surface area contributed by atoms with E-state index in [9.17, 15) is 4.79 Å². The lowest BCUT2D eigenvalue weighted by atomic mass is 10.1. The summed E-state index contributed by atoms with van der Waals surface area (Å²) in [6.07, 6.45) is 0. The second kappa shape index (κ2) is 6.10. The Morgan fingerprint density at radius 1 is 1.00 bits per heavy atom. The van der Waals surface area contributed by atoms with Crippen molar-refractivity contribution < 1.29 is 9.53 Å². The molecule has 0 unspecified atom stereocenters. The Kier molecular flexibility index (Phi) is 4.25. The quantitative estimate of drug-likeness (QED) is 0.887. The summed E-state index contributed by atoms with van der Waals surface area (Å²) in [4.78, 5) is 12.0. The van der Waals surface area contributed by atoms with E-state index in [0.29, 0.717) is 11.4 Å². The first-order valence-electron chi connectivity index (χ1n) is 6.38. The lowest BCUT2D eigenvalue weighted by Crippen LogP contribution is -2.19. The normalized spacial score (nSPS) is 9.95. The van der Waals surface area contributed by atoms with Crippen LogP contribution in [0.25, 0.3) is 0 Å². The molecule has 2 rings (SSSR count). The monoisotopic (exact) mass is 270 g/mol. The molecule has 0 saturated heterocycles. The van der Waals surface area contributed by atoms with Crippen LogP contribution in [0.5, 0.6) is 5.75 Å². The molecule has 0 aromatic heterocycles. The number of carbonyl (C=O) groups is 1. The standard InChI is InChI=1S/C16H18N2O2/c1-11-8-12(2)10-13(9-11)17-16(19)18-14-6-4-5-7-15(14)20-3/h4-10H,1-3H3,(H2,17,18,19). The summed E-state index contributed by atoms with van der Waals surface area (Å²) in [5, 5.41) is 5.59. The number of anilines is 2. The summed E-state index contributed by atoms with van der Waals surface area (Å²) in [6.45, 7) is 3.99. The summed E-state index contributed by atoms with van der Waals surface area (Å²) in [5.41, 5.74) is 3.63. The van der Waals surface area contributed by atoms with Crippen molar-refractivity contribution in [1.29, 1.82) is 0 Å². The highest BCUT2D eigenvalue weighted by Crippen LogP contribution is 2.23. The van der Waals surface area contributed by atoms with Gasteiger partial charge in [-0.25, -0.2) is 4.79 Å². The highest BCUT2D eigenvalue weighted by atomic mass is 16.5. The zero-order chi connectivity index (χ0) is 14.5. The maximum atomic E-state index is 12.0. The van der Waals surface area contributed by atoms with E-state index >= 15 is 0 Å². The third-order valence-corrected chi connectivity index (χ3v) is 2.83. The lowest BCUT2D eigenvalue weighted by molar-refractivity contribution is 0.262. The van der Waals surface area contributed by atoms with Gasteiger partial charge in [0.2, 0.25) is 0 Å². The molecule has 104 valence electrons. The molecule has 2 aromatic carbocycles. The van der Waals surface area contributed by atoms with Gasteiger partial charge in [-0.1, -0.05) is 18.2 Å². The smallest absolute Gasteiger partial charge is 0.323 e. The fourth-order valence-corrected chi connectivity index (χ4v) is 2.08. The van der Waals surface area contributed by atoms with Gasteiger partial charge in [0.05, 0.1) is 12.8 Å². The summed E-state index contributed by atoms with van der Waals surface area (Å²) >= 11 is 0. The summed E-state index contributed by atoms with van der Waals surface area (Å²) in [5.74, 6) is 0.628.